The number of phenols is 1. The Morgan fingerprint density at radius 1 is 1.05 bits per heavy atom. The number of para-hydroxylation sites is 2. The molecule has 1 unspecified atom stereocenters. The zero-order valence-electron chi connectivity index (χ0n) is 11.0. The quantitative estimate of drug-likeness (QED) is 0.766. The molecule has 0 radical (unpaired) electrons. The number of ether oxygens (including phenoxy) is 2. The van der Waals surface area contributed by atoms with E-state index < -0.39 is 0 Å². The normalized spacial score (nSPS) is 11.9. The van der Waals surface area contributed by atoms with Crippen LogP contribution in [0, 0.1) is 0 Å². The summed E-state index contributed by atoms with van der Waals surface area (Å²) in [6, 6.07) is 14.3. The second kappa shape index (κ2) is 7.35. The minimum absolute atomic E-state index is 0.221. The summed E-state index contributed by atoms with van der Waals surface area (Å²) in [7, 11) is 1.61. The predicted molar refractivity (Wildman–Crippen MR) is 84.4 cm³/mol. The van der Waals surface area contributed by atoms with E-state index >= 15 is 0 Å². The van der Waals surface area contributed by atoms with Gasteiger partial charge in [0, 0.05) is 0 Å². The lowest BCUT2D eigenvalue weighted by molar-refractivity contribution is 0.170. The summed E-state index contributed by atoms with van der Waals surface area (Å²) in [6.45, 7) is 0.355. The summed E-state index contributed by atoms with van der Waals surface area (Å²) >= 11 is 1.85. The van der Waals surface area contributed by atoms with E-state index in [0.29, 0.717) is 18.1 Å². The Morgan fingerprint density at radius 3 is 2.30 bits per heavy atom. The Bertz CT molecular complexity index is 542. The van der Waals surface area contributed by atoms with Gasteiger partial charge in [0.2, 0.25) is 0 Å². The van der Waals surface area contributed by atoms with Crippen LogP contribution in [0.3, 0.4) is 0 Å². The second-order valence-corrected chi connectivity index (χ2v) is 4.64. The van der Waals surface area contributed by atoms with Gasteiger partial charge in [-0.25, -0.2) is 0 Å². The third-order valence-electron chi connectivity index (χ3n) is 2.83. The van der Waals surface area contributed by atoms with Gasteiger partial charge in [-0.1, -0.05) is 24.3 Å². The number of methoxy groups -OCH3 is 1. The van der Waals surface area contributed by atoms with Crippen molar-refractivity contribution in [1.29, 1.82) is 0 Å². The minimum Gasteiger partial charge on any atom is -0.508 e. The number of hydrogen-bond donors (Lipinski definition) is 1. The molecule has 0 saturated heterocycles. The zero-order chi connectivity index (χ0) is 14.4. The molecule has 1 atom stereocenters. The lowest BCUT2D eigenvalue weighted by atomic mass is 10.1. The molecule has 0 aliphatic heterocycles. The SMILES string of the molecule is COc1ccccc1OCC(OI)c1ccc(O)cc1. The van der Waals surface area contributed by atoms with Crippen LogP contribution >= 0.6 is 23.0 Å². The molecule has 2 aromatic carbocycles. The summed E-state index contributed by atoms with van der Waals surface area (Å²) in [4.78, 5) is 0. The van der Waals surface area contributed by atoms with Crippen molar-refractivity contribution in [3.63, 3.8) is 0 Å². The summed E-state index contributed by atoms with van der Waals surface area (Å²) in [5, 5.41) is 9.30. The van der Waals surface area contributed by atoms with E-state index in [1.54, 1.807) is 19.2 Å². The van der Waals surface area contributed by atoms with Crippen molar-refractivity contribution in [3.8, 4) is 17.2 Å². The van der Waals surface area contributed by atoms with Crippen LogP contribution in [-0.2, 0) is 3.07 Å². The first-order chi connectivity index (χ1) is 9.74. The molecule has 0 aliphatic carbocycles. The second-order valence-electron chi connectivity index (χ2n) is 4.13. The van der Waals surface area contributed by atoms with Gasteiger partial charge in [-0.3, -0.25) is 0 Å². The molecule has 106 valence electrons. The lowest BCUT2D eigenvalue weighted by Gasteiger charge is -2.16. The molecule has 2 rings (SSSR count). The lowest BCUT2D eigenvalue weighted by Crippen LogP contribution is -2.10. The molecule has 0 spiro atoms. The first-order valence-corrected chi connectivity index (χ1v) is 6.95. The number of hydrogen-bond acceptors (Lipinski definition) is 4. The molecule has 5 heteroatoms. The van der Waals surface area contributed by atoms with Crippen LogP contribution in [0.15, 0.2) is 48.5 Å². The van der Waals surface area contributed by atoms with Crippen molar-refractivity contribution in [1.82, 2.24) is 0 Å². The molecule has 0 fully saturated rings. The smallest absolute Gasteiger partial charge is 0.161 e. The average Bonchev–Trinajstić information content (AvgIpc) is 2.50. The fourth-order valence-corrected chi connectivity index (χ4v) is 2.21. The maximum absolute atomic E-state index is 9.30. The Morgan fingerprint density at radius 2 is 1.70 bits per heavy atom. The van der Waals surface area contributed by atoms with Crippen LogP contribution < -0.4 is 9.47 Å². The highest BCUT2D eigenvalue weighted by Crippen LogP contribution is 2.29. The number of benzene rings is 2. The van der Waals surface area contributed by atoms with Crippen LogP contribution in [0.25, 0.3) is 0 Å². The van der Waals surface area contributed by atoms with Crippen LogP contribution in [-0.4, -0.2) is 18.8 Å². The zero-order valence-corrected chi connectivity index (χ0v) is 13.1. The standard InChI is InChI=1S/C15H15IO4/c1-18-13-4-2-3-5-14(13)19-10-15(20-16)11-6-8-12(17)9-7-11/h2-9,15,17H,10H2,1H3. The van der Waals surface area contributed by atoms with Crippen molar-refractivity contribution in [2.45, 2.75) is 6.10 Å². The predicted octanol–water partition coefficient (Wildman–Crippen LogP) is 3.89. The molecule has 0 bridgehead atoms. The van der Waals surface area contributed by atoms with Gasteiger partial charge in [0.15, 0.2) is 11.5 Å². The molecule has 0 aromatic heterocycles. The highest BCUT2D eigenvalue weighted by molar-refractivity contribution is 14.1. The van der Waals surface area contributed by atoms with Crippen molar-refractivity contribution < 1.29 is 17.6 Å². The van der Waals surface area contributed by atoms with Crippen LogP contribution in [0.1, 0.15) is 11.7 Å². The van der Waals surface area contributed by atoms with Gasteiger partial charge in [-0.2, -0.15) is 0 Å². The molecule has 1 N–H and O–H groups in total. The maximum atomic E-state index is 9.30. The molecule has 20 heavy (non-hydrogen) atoms. The van der Waals surface area contributed by atoms with E-state index in [4.69, 9.17) is 12.5 Å². The van der Waals surface area contributed by atoms with Crippen molar-refractivity contribution in [2.75, 3.05) is 13.7 Å². The van der Waals surface area contributed by atoms with E-state index in [2.05, 4.69) is 0 Å². The Hall–Kier alpha value is -1.47. The number of phenolic OH excluding ortho intramolecular Hbond substituents is 1. The Balaban J connectivity index is 2.05. The van der Waals surface area contributed by atoms with E-state index in [1.165, 1.54) is 0 Å². The highest BCUT2D eigenvalue weighted by Gasteiger charge is 2.14. The van der Waals surface area contributed by atoms with Gasteiger partial charge in [0.05, 0.1) is 7.11 Å². The molecule has 0 heterocycles. The maximum Gasteiger partial charge on any atom is 0.161 e. The number of aromatic hydroxyl groups is 1. The fraction of sp³-hybridized carbons (Fsp3) is 0.200. The van der Waals surface area contributed by atoms with Crippen molar-refractivity contribution in [3.05, 3.63) is 54.1 Å². The summed E-state index contributed by atoms with van der Waals surface area (Å²) in [5.74, 6) is 1.59. The first-order valence-electron chi connectivity index (χ1n) is 6.06. The van der Waals surface area contributed by atoms with Gasteiger partial charge in [0.1, 0.15) is 41.5 Å². The topological polar surface area (TPSA) is 47.9 Å². The third kappa shape index (κ3) is 3.77. The summed E-state index contributed by atoms with van der Waals surface area (Å²) in [5.41, 5.74) is 0.937. The first kappa shape index (κ1) is 14.9. The summed E-state index contributed by atoms with van der Waals surface area (Å²) < 4.78 is 16.4. The van der Waals surface area contributed by atoms with Gasteiger partial charge < -0.3 is 17.6 Å². The average molecular weight is 386 g/mol. The monoisotopic (exact) mass is 386 g/mol. The molecule has 0 aliphatic rings. The molecule has 0 amide bonds. The Labute approximate surface area is 132 Å². The largest absolute Gasteiger partial charge is 0.508 e. The van der Waals surface area contributed by atoms with Gasteiger partial charge in [-0.15, -0.1) is 0 Å². The highest BCUT2D eigenvalue weighted by atomic mass is 127. The fourth-order valence-electron chi connectivity index (χ4n) is 1.77. The number of halogens is 1. The summed E-state index contributed by atoms with van der Waals surface area (Å²) in [6.07, 6.45) is -0.221. The van der Waals surface area contributed by atoms with E-state index in [-0.39, 0.29) is 11.9 Å². The molecular weight excluding hydrogens is 371 g/mol. The molecule has 2 aromatic rings. The third-order valence-corrected chi connectivity index (χ3v) is 3.45. The van der Waals surface area contributed by atoms with Gasteiger partial charge in [-0.05, 0) is 29.8 Å². The minimum atomic E-state index is -0.221. The van der Waals surface area contributed by atoms with Gasteiger partial charge >= 0.3 is 0 Å². The van der Waals surface area contributed by atoms with Crippen LogP contribution in [0.5, 0.6) is 17.2 Å². The number of rotatable bonds is 6. The van der Waals surface area contributed by atoms with E-state index in [1.807, 2.05) is 59.4 Å². The van der Waals surface area contributed by atoms with Crippen molar-refractivity contribution in [2.24, 2.45) is 0 Å². The Kier molecular flexibility index (Phi) is 5.49. The van der Waals surface area contributed by atoms with E-state index in [0.717, 1.165) is 5.56 Å². The van der Waals surface area contributed by atoms with Crippen molar-refractivity contribution >= 4 is 23.0 Å². The van der Waals surface area contributed by atoms with E-state index in [9.17, 15) is 5.11 Å². The molecule has 0 saturated carbocycles. The van der Waals surface area contributed by atoms with Crippen LogP contribution in [0.4, 0.5) is 0 Å². The molecular formula is C15H15IO4. The van der Waals surface area contributed by atoms with Gasteiger partial charge in [0.25, 0.3) is 0 Å². The van der Waals surface area contributed by atoms with Crippen LogP contribution in [0.2, 0.25) is 0 Å². The molecule has 4 nitrogen and oxygen atoms in total.